The number of fused-ring (bicyclic) bond motifs is 2. The first-order valence-corrected chi connectivity index (χ1v) is 10.9. The Morgan fingerprint density at radius 3 is 2.79 bits per heavy atom. The van der Waals surface area contributed by atoms with Crippen LogP contribution in [0.3, 0.4) is 0 Å². The van der Waals surface area contributed by atoms with Crippen molar-refractivity contribution in [3.8, 4) is 11.3 Å². The average molecular weight is 406 g/mol. The fourth-order valence-corrected chi connectivity index (χ4v) is 5.04. The third-order valence-corrected chi connectivity index (χ3v) is 6.57. The molecule has 5 aromatic rings. The molecular formula is C20H14N4O2S2. The maximum absolute atomic E-state index is 13.0. The number of pyridine rings is 1. The monoisotopic (exact) mass is 406 g/mol. The summed E-state index contributed by atoms with van der Waals surface area (Å²) in [6, 6.07) is 16.0. The van der Waals surface area contributed by atoms with Crippen molar-refractivity contribution in [2.45, 2.75) is 4.90 Å². The van der Waals surface area contributed by atoms with Gasteiger partial charge < -0.3 is 0 Å². The second kappa shape index (κ2) is 6.43. The molecule has 6 nitrogen and oxygen atoms in total. The normalized spacial score (nSPS) is 11.9. The smallest absolute Gasteiger partial charge is 0.264 e. The van der Waals surface area contributed by atoms with Gasteiger partial charge in [0.2, 0.25) is 0 Å². The summed E-state index contributed by atoms with van der Waals surface area (Å²) in [5, 5.41) is 2.74. The fourth-order valence-electron chi connectivity index (χ4n) is 3.11. The second-order valence-corrected chi connectivity index (χ2v) is 8.76. The molecule has 0 aliphatic rings. The predicted molar refractivity (Wildman–Crippen MR) is 111 cm³/mol. The number of benzene rings is 2. The van der Waals surface area contributed by atoms with Crippen LogP contribution in [0.5, 0.6) is 0 Å². The number of nitrogens with one attached hydrogen (secondary N) is 1. The number of nitrogens with zero attached hydrogens (tertiary/aromatic N) is 3. The fraction of sp³-hybridized carbons (Fsp3) is 0. The van der Waals surface area contributed by atoms with Gasteiger partial charge in [-0.3, -0.25) is 14.1 Å². The summed E-state index contributed by atoms with van der Waals surface area (Å²) in [5.74, 6) is 0. The number of aromatic nitrogens is 3. The van der Waals surface area contributed by atoms with Crippen LogP contribution in [0.25, 0.3) is 27.1 Å². The van der Waals surface area contributed by atoms with E-state index in [1.807, 2.05) is 46.4 Å². The minimum atomic E-state index is -3.79. The van der Waals surface area contributed by atoms with E-state index in [2.05, 4.69) is 14.7 Å². The number of thiazole rings is 1. The highest BCUT2D eigenvalue weighted by Gasteiger charge is 2.18. The van der Waals surface area contributed by atoms with Gasteiger partial charge >= 0.3 is 0 Å². The first-order valence-electron chi connectivity index (χ1n) is 8.49. The highest BCUT2D eigenvalue weighted by molar-refractivity contribution is 7.93. The molecule has 0 atom stereocenters. The van der Waals surface area contributed by atoms with Crippen LogP contribution in [0.1, 0.15) is 0 Å². The van der Waals surface area contributed by atoms with Crippen molar-refractivity contribution in [3.63, 3.8) is 0 Å². The first-order chi connectivity index (χ1) is 13.6. The van der Waals surface area contributed by atoms with Crippen molar-refractivity contribution < 1.29 is 8.42 Å². The third kappa shape index (κ3) is 2.92. The molecule has 0 bridgehead atoms. The Balaban J connectivity index is 1.52. The topological polar surface area (TPSA) is 76.4 Å². The van der Waals surface area contributed by atoms with Gasteiger partial charge in [0.15, 0.2) is 4.96 Å². The van der Waals surface area contributed by atoms with Gasteiger partial charge in [-0.15, -0.1) is 11.3 Å². The highest BCUT2D eigenvalue weighted by Crippen LogP contribution is 2.27. The van der Waals surface area contributed by atoms with Crippen LogP contribution in [0.4, 0.5) is 5.69 Å². The van der Waals surface area contributed by atoms with Crippen molar-refractivity contribution >= 4 is 42.9 Å². The van der Waals surface area contributed by atoms with E-state index in [0.29, 0.717) is 11.2 Å². The molecule has 28 heavy (non-hydrogen) atoms. The quantitative estimate of drug-likeness (QED) is 0.480. The maximum Gasteiger partial charge on any atom is 0.264 e. The molecule has 3 aromatic heterocycles. The summed E-state index contributed by atoms with van der Waals surface area (Å²) >= 11 is 1.55. The van der Waals surface area contributed by atoms with Crippen molar-refractivity contribution in [1.29, 1.82) is 0 Å². The Morgan fingerprint density at radius 1 is 1.04 bits per heavy atom. The molecule has 3 heterocycles. The number of hydrogen-bond donors (Lipinski definition) is 1. The zero-order valence-electron chi connectivity index (χ0n) is 14.5. The molecule has 5 rings (SSSR count). The Bertz CT molecular complexity index is 1390. The molecule has 2 aromatic carbocycles. The molecule has 0 unspecified atom stereocenters. The van der Waals surface area contributed by atoms with E-state index >= 15 is 0 Å². The molecular weight excluding hydrogens is 392 g/mol. The SMILES string of the molecule is O=S(=O)(Nc1cccc(-c2cn3ccsc3n2)c1)c1cccc2cccnc12. The summed E-state index contributed by atoms with van der Waals surface area (Å²) in [4.78, 5) is 9.86. The van der Waals surface area contributed by atoms with E-state index in [1.54, 1.807) is 47.9 Å². The summed E-state index contributed by atoms with van der Waals surface area (Å²) in [7, 11) is -3.79. The van der Waals surface area contributed by atoms with E-state index in [-0.39, 0.29) is 4.90 Å². The Kier molecular flexibility index (Phi) is 3.88. The highest BCUT2D eigenvalue weighted by atomic mass is 32.2. The molecule has 0 saturated heterocycles. The van der Waals surface area contributed by atoms with Gasteiger partial charge in [-0.2, -0.15) is 0 Å². The lowest BCUT2D eigenvalue weighted by Crippen LogP contribution is -2.13. The number of hydrogen-bond acceptors (Lipinski definition) is 5. The standard InChI is InChI=1S/C20H14N4O2S2/c25-28(26,18-8-2-4-14-6-3-9-21-19(14)18)23-16-7-1-5-15(12-16)17-13-24-10-11-27-20(24)22-17/h1-13,23H. The Hall–Kier alpha value is -3.23. The van der Waals surface area contributed by atoms with Crippen LogP contribution in [0, 0.1) is 0 Å². The van der Waals surface area contributed by atoms with Crippen LogP contribution < -0.4 is 4.72 Å². The van der Waals surface area contributed by atoms with Crippen molar-refractivity contribution in [2.24, 2.45) is 0 Å². The number of anilines is 1. The Morgan fingerprint density at radius 2 is 1.89 bits per heavy atom. The summed E-state index contributed by atoms with van der Waals surface area (Å²) in [6.07, 6.45) is 5.46. The van der Waals surface area contributed by atoms with Gasteiger partial charge in [-0.25, -0.2) is 13.4 Å². The second-order valence-electron chi connectivity index (χ2n) is 6.24. The number of sulfonamides is 1. The zero-order chi connectivity index (χ0) is 19.1. The van der Waals surface area contributed by atoms with Gasteiger partial charge in [-0.05, 0) is 24.3 Å². The average Bonchev–Trinajstić information content (AvgIpc) is 3.29. The summed E-state index contributed by atoms with van der Waals surface area (Å²) < 4.78 is 30.6. The minimum absolute atomic E-state index is 0.151. The molecule has 0 aliphatic carbocycles. The lowest BCUT2D eigenvalue weighted by Gasteiger charge is -2.10. The van der Waals surface area contributed by atoms with E-state index in [0.717, 1.165) is 21.6 Å². The van der Waals surface area contributed by atoms with Crippen LogP contribution in [0.2, 0.25) is 0 Å². The molecule has 0 saturated carbocycles. The minimum Gasteiger partial charge on any atom is -0.297 e. The maximum atomic E-state index is 13.0. The number of imidazole rings is 1. The van der Waals surface area contributed by atoms with Crippen LogP contribution in [-0.4, -0.2) is 22.8 Å². The summed E-state index contributed by atoms with van der Waals surface area (Å²) in [5.41, 5.74) is 2.55. The number of para-hydroxylation sites is 1. The molecule has 1 N–H and O–H groups in total. The molecule has 138 valence electrons. The van der Waals surface area contributed by atoms with Gasteiger partial charge in [0.05, 0.1) is 11.2 Å². The molecule has 0 aliphatic heterocycles. The van der Waals surface area contributed by atoms with Gasteiger partial charge in [0, 0.05) is 40.6 Å². The van der Waals surface area contributed by atoms with Gasteiger partial charge in [-0.1, -0.05) is 30.3 Å². The first kappa shape index (κ1) is 16.9. The predicted octanol–water partition coefficient (Wildman–Crippen LogP) is 4.41. The third-order valence-electron chi connectivity index (χ3n) is 4.39. The van der Waals surface area contributed by atoms with E-state index in [1.165, 1.54) is 0 Å². The molecule has 0 amide bonds. The summed E-state index contributed by atoms with van der Waals surface area (Å²) in [6.45, 7) is 0. The van der Waals surface area contributed by atoms with E-state index < -0.39 is 10.0 Å². The molecule has 0 spiro atoms. The van der Waals surface area contributed by atoms with Crippen molar-refractivity contribution in [1.82, 2.24) is 14.4 Å². The van der Waals surface area contributed by atoms with Gasteiger partial charge in [0.25, 0.3) is 10.0 Å². The Labute approximate surface area is 165 Å². The lowest BCUT2D eigenvalue weighted by atomic mass is 10.1. The van der Waals surface area contributed by atoms with Crippen LogP contribution >= 0.6 is 11.3 Å². The van der Waals surface area contributed by atoms with E-state index in [9.17, 15) is 8.42 Å². The molecule has 0 fully saturated rings. The van der Waals surface area contributed by atoms with Crippen molar-refractivity contribution in [3.05, 3.63) is 78.6 Å². The largest absolute Gasteiger partial charge is 0.297 e. The van der Waals surface area contributed by atoms with Crippen LogP contribution in [0.15, 0.2) is 83.5 Å². The van der Waals surface area contributed by atoms with Gasteiger partial charge in [0.1, 0.15) is 4.90 Å². The zero-order valence-corrected chi connectivity index (χ0v) is 16.1. The van der Waals surface area contributed by atoms with E-state index in [4.69, 9.17) is 0 Å². The molecule has 8 heteroatoms. The molecule has 0 radical (unpaired) electrons. The number of rotatable bonds is 4. The van der Waals surface area contributed by atoms with Crippen molar-refractivity contribution in [2.75, 3.05) is 4.72 Å². The lowest BCUT2D eigenvalue weighted by molar-refractivity contribution is 0.602. The van der Waals surface area contributed by atoms with Crippen LogP contribution in [-0.2, 0) is 10.0 Å².